The number of hydrogen-bond acceptors (Lipinski definition) is 5. The van der Waals surface area contributed by atoms with Gasteiger partial charge in [0.15, 0.2) is 5.96 Å². The van der Waals surface area contributed by atoms with Crippen LogP contribution in [-0.4, -0.2) is 48.8 Å². The zero-order valence-corrected chi connectivity index (χ0v) is 17.8. The average Bonchev–Trinajstić information content (AvgIpc) is 2.92. The Morgan fingerprint density at radius 1 is 1.35 bits per heavy atom. The number of carbonyl (C=O) groups excluding carboxylic acids is 1. The standard InChI is InChI=1S/C18H33N5O2S/c1-12(2)15(23-17(24)25-18(4,5)6)10-21-16(19-7)20-9-8-14-11-26-13(3)22-14/h11-12,15H,8-10H2,1-7H3,(H,23,24)(H2,19,20,21). The lowest BCUT2D eigenvalue weighted by molar-refractivity contribution is 0.0491. The fourth-order valence-electron chi connectivity index (χ4n) is 2.17. The smallest absolute Gasteiger partial charge is 0.407 e. The Hall–Kier alpha value is -1.83. The van der Waals surface area contributed by atoms with Gasteiger partial charge in [-0.1, -0.05) is 13.8 Å². The molecule has 148 valence electrons. The summed E-state index contributed by atoms with van der Waals surface area (Å²) in [6, 6.07) is -0.0652. The average molecular weight is 384 g/mol. The number of nitrogens with one attached hydrogen (secondary N) is 3. The highest BCUT2D eigenvalue weighted by Gasteiger charge is 2.21. The maximum absolute atomic E-state index is 12.0. The molecule has 0 spiro atoms. The SMILES string of the molecule is CN=C(NCCc1csc(C)n1)NCC(NC(=O)OC(C)(C)C)C(C)C. The van der Waals surface area contributed by atoms with Crippen molar-refractivity contribution >= 4 is 23.4 Å². The molecule has 1 atom stereocenters. The lowest BCUT2D eigenvalue weighted by atomic mass is 10.0. The van der Waals surface area contributed by atoms with E-state index in [9.17, 15) is 4.79 Å². The number of thiazole rings is 1. The van der Waals surface area contributed by atoms with Crippen molar-refractivity contribution in [2.45, 2.75) is 59.6 Å². The number of rotatable bonds is 7. The predicted octanol–water partition coefficient (Wildman–Crippen LogP) is 2.71. The van der Waals surface area contributed by atoms with Crippen molar-refractivity contribution in [3.8, 4) is 0 Å². The van der Waals surface area contributed by atoms with Crippen LogP contribution in [0.1, 0.15) is 45.3 Å². The van der Waals surface area contributed by atoms with Crippen molar-refractivity contribution in [3.05, 3.63) is 16.1 Å². The molecule has 26 heavy (non-hydrogen) atoms. The third kappa shape index (κ3) is 9.03. The molecule has 0 fully saturated rings. The van der Waals surface area contributed by atoms with Gasteiger partial charge in [-0.05, 0) is 33.6 Å². The number of amides is 1. The topological polar surface area (TPSA) is 87.6 Å². The fourth-order valence-corrected chi connectivity index (χ4v) is 2.82. The van der Waals surface area contributed by atoms with Crippen molar-refractivity contribution in [1.29, 1.82) is 0 Å². The molecule has 0 bridgehead atoms. The van der Waals surface area contributed by atoms with Gasteiger partial charge in [0.2, 0.25) is 0 Å². The van der Waals surface area contributed by atoms with E-state index in [1.807, 2.05) is 27.7 Å². The normalized spacial score (nSPS) is 13.5. The highest BCUT2D eigenvalue weighted by molar-refractivity contribution is 7.09. The number of aliphatic imine (C=N–C) groups is 1. The highest BCUT2D eigenvalue weighted by atomic mass is 32.1. The molecule has 1 amide bonds. The van der Waals surface area contributed by atoms with Crippen molar-refractivity contribution < 1.29 is 9.53 Å². The molecule has 8 heteroatoms. The van der Waals surface area contributed by atoms with Crippen LogP contribution in [0, 0.1) is 12.8 Å². The summed E-state index contributed by atoms with van der Waals surface area (Å²) in [6.07, 6.45) is 0.439. The molecule has 0 saturated heterocycles. The third-order valence-corrected chi connectivity index (χ3v) is 4.38. The molecule has 1 aromatic heterocycles. The third-order valence-electron chi connectivity index (χ3n) is 3.56. The van der Waals surface area contributed by atoms with E-state index in [1.165, 1.54) is 0 Å². The number of guanidine groups is 1. The number of hydrogen-bond donors (Lipinski definition) is 3. The molecule has 1 aromatic rings. The predicted molar refractivity (Wildman–Crippen MR) is 108 cm³/mol. The minimum absolute atomic E-state index is 0.0652. The van der Waals surface area contributed by atoms with E-state index in [0.717, 1.165) is 23.7 Å². The number of aryl methyl sites for hydroxylation is 1. The minimum atomic E-state index is -0.509. The van der Waals surface area contributed by atoms with Gasteiger partial charge in [0.25, 0.3) is 0 Å². The van der Waals surface area contributed by atoms with Gasteiger partial charge >= 0.3 is 6.09 Å². The number of nitrogens with zero attached hydrogens (tertiary/aromatic N) is 2. The minimum Gasteiger partial charge on any atom is -0.444 e. The molecular weight excluding hydrogens is 350 g/mol. The van der Waals surface area contributed by atoms with Gasteiger partial charge in [0.1, 0.15) is 5.60 Å². The Labute approximate surface area is 161 Å². The van der Waals surface area contributed by atoms with E-state index in [0.29, 0.717) is 12.5 Å². The quantitative estimate of drug-likeness (QED) is 0.498. The van der Waals surface area contributed by atoms with Gasteiger partial charge in [-0.2, -0.15) is 0 Å². The Bertz CT molecular complexity index is 593. The second-order valence-corrected chi connectivity index (χ2v) is 8.55. The molecule has 0 aliphatic rings. The van der Waals surface area contributed by atoms with Crippen LogP contribution >= 0.6 is 11.3 Å². The summed E-state index contributed by atoms with van der Waals surface area (Å²) in [4.78, 5) is 20.7. The number of alkyl carbamates (subject to hydrolysis) is 1. The molecule has 0 radical (unpaired) electrons. The molecule has 0 aliphatic heterocycles. The van der Waals surface area contributed by atoms with E-state index in [4.69, 9.17) is 4.74 Å². The first kappa shape index (κ1) is 22.2. The van der Waals surface area contributed by atoms with Crippen LogP contribution in [0.5, 0.6) is 0 Å². The summed E-state index contributed by atoms with van der Waals surface area (Å²) >= 11 is 1.66. The van der Waals surface area contributed by atoms with Crippen LogP contribution in [0.3, 0.4) is 0 Å². The van der Waals surface area contributed by atoms with Gasteiger partial charge in [0.05, 0.1) is 16.7 Å². The second-order valence-electron chi connectivity index (χ2n) is 7.48. The molecule has 7 nitrogen and oxygen atoms in total. The molecule has 0 aliphatic carbocycles. The molecule has 1 rings (SSSR count). The zero-order valence-electron chi connectivity index (χ0n) is 17.0. The maximum atomic E-state index is 12.0. The van der Waals surface area contributed by atoms with Crippen LogP contribution < -0.4 is 16.0 Å². The summed E-state index contributed by atoms with van der Waals surface area (Å²) in [6.45, 7) is 13.0. The summed E-state index contributed by atoms with van der Waals surface area (Å²) < 4.78 is 5.34. The van der Waals surface area contributed by atoms with Crippen molar-refractivity contribution in [2.24, 2.45) is 10.9 Å². The van der Waals surface area contributed by atoms with Crippen molar-refractivity contribution in [1.82, 2.24) is 20.9 Å². The van der Waals surface area contributed by atoms with Crippen LogP contribution in [0.4, 0.5) is 4.79 Å². The van der Waals surface area contributed by atoms with E-state index in [1.54, 1.807) is 18.4 Å². The van der Waals surface area contributed by atoms with Crippen molar-refractivity contribution in [3.63, 3.8) is 0 Å². The monoisotopic (exact) mass is 383 g/mol. The Morgan fingerprint density at radius 3 is 2.54 bits per heavy atom. The summed E-state index contributed by atoms with van der Waals surface area (Å²) in [5, 5.41) is 12.6. The molecule has 0 aromatic carbocycles. The number of carbonyl (C=O) groups is 1. The lowest BCUT2D eigenvalue weighted by Gasteiger charge is -2.26. The van der Waals surface area contributed by atoms with Crippen LogP contribution in [0.25, 0.3) is 0 Å². The van der Waals surface area contributed by atoms with E-state index >= 15 is 0 Å². The molecule has 1 unspecified atom stereocenters. The van der Waals surface area contributed by atoms with Gasteiger partial charge < -0.3 is 20.7 Å². The second kappa shape index (κ2) is 10.4. The fraction of sp³-hybridized carbons (Fsp3) is 0.722. The molecule has 0 saturated carbocycles. The number of aromatic nitrogens is 1. The Kier molecular flexibility index (Phi) is 8.84. The van der Waals surface area contributed by atoms with Crippen LogP contribution in [0.15, 0.2) is 10.4 Å². The van der Waals surface area contributed by atoms with Crippen LogP contribution in [0.2, 0.25) is 0 Å². The lowest BCUT2D eigenvalue weighted by Crippen LogP contribution is -2.50. The molecule has 1 heterocycles. The van der Waals surface area contributed by atoms with Gasteiger partial charge in [-0.3, -0.25) is 4.99 Å². The number of ether oxygens (including phenoxy) is 1. The summed E-state index contributed by atoms with van der Waals surface area (Å²) in [7, 11) is 1.73. The summed E-state index contributed by atoms with van der Waals surface area (Å²) in [5.41, 5.74) is 0.576. The summed E-state index contributed by atoms with van der Waals surface area (Å²) in [5.74, 6) is 0.958. The van der Waals surface area contributed by atoms with E-state index in [2.05, 4.69) is 45.2 Å². The molecular formula is C18H33N5O2S. The largest absolute Gasteiger partial charge is 0.444 e. The zero-order chi connectivity index (χ0) is 19.7. The highest BCUT2D eigenvalue weighted by Crippen LogP contribution is 2.09. The first-order valence-electron chi connectivity index (χ1n) is 8.95. The van der Waals surface area contributed by atoms with Gasteiger partial charge in [0, 0.05) is 31.9 Å². The van der Waals surface area contributed by atoms with Gasteiger partial charge in [-0.15, -0.1) is 11.3 Å². The van der Waals surface area contributed by atoms with Crippen molar-refractivity contribution in [2.75, 3.05) is 20.1 Å². The van der Waals surface area contributed by atoms with E-state index in [-0.39, 0.29) is 12.0 Å². The first-order chi connectivity index (χ1) is 12.1. The Morgan fingerprint density at radius 2 is 2.04 bits per heavy atom. The molecule has 3 N–H and O–H groups in total. The Balaban J connectivity index is 2.43. The maximum Gasteiger partial charge on any atom is 0.407 e. The first-order valence-corrected chi connectivity index (χ1v) is 9.83. The van der Waals surface area contributed by atoms with E-state index < -0.39 is 11.7 Å². The van der Waals surface area contributed by atoms with Gasteiger partial charge in [-0.25, -0.2) is 9.78 Å². The van der Waals surface area contributed by atoms with Crippen LogP contribution in [-0.2, 0) is 11.2 Å².